The zero-order chi connectivity index (χ0) is 24.6. The minimum atomic E-state index is -0.800. The van der Waals surface area contributed by atoms with Crippen LogP contribution in [0.4, 0.5) is 5.69 Å². The third kappa shape index (κ3) is 6.20. The van der Waals surface area contributed by atoms with E-state index in [-0.39, 0.29) is 24.3 Å². The molecule has 4 rings (SSSR count). The molecule has 3 aromatic rings. The normalized spacial score (nSPS) is 16.5. The highest BCUT2D eigenvalue weighted by molar-refractivity contribution is 5.99. The van der Waals surface area contributed by atoms with E-state index < -0.39 is 12.1 Å². The van der Waals surface area contributed by atoms with Gasteiger partial charge in [-0.3, -0.25) is 19.4 Å². The first-order valence-corrected chi connectivity index (χ1v) is 11.8. The number of anilines is 1. The number of nitrogens with one attached hydrogen (secondary N) is 3. The first-order valence-electron chi connectivity index (χ1n) is 11.8. The number of para-hydroxylation sites is 1. The van der Waals surface area contributed by atoms with E-state index in [2.05, 4.69) is 20.9 Å². The molecule has 0 aliphatic carbocycles. The summed E-state index contributed by atoms with van der Waals surface area (Å²) < 4.78 is 0. The highest BCUT2D eigenvalue weighted by Gasteiger charge is 2.33. The summed E-state index contributed by atoms with van der Waals surface area (Å²) in [5.74, 6) is -1.02. The number of hydrogen-bond donors (Lipinski definition) is 4. The molecule has 0 spiro atoms. The minimum absolute atomic E-state index is 0.170. The Balaban J connectivity index is 1.50. The topological polar surface area (TPSA) is 129 Å². The van der Waals surface area contributed by atoms with Crippen LogP contribution in [0.1, 0.15) is 12.0 Å². The van der Waals surface area contributed by atoms with Gasteiger partial charge in [-0.05, 0) is 30.5 Å². The molecule has 9 nitrogen and oxygen atoms in total. The van der Waals surface area contributed by atoms with Crippen molar-refractivity contribution in [3.63, 3.8) is 0 Å². The molecule has 1 aromatic heterocycles. The maximum absolute atomic E-state index is 13.3. The Morgan fingerprint density at radius 1 is 1.11 bits per heavy atom. The second kappa shape index (κ2) is 11.5. The quantitative estimate of drug-likeness (QED) is 0.386. The second-order valence-electron chi connectivity index (χ2n) is 8.50. The van der Waals surface area contributed by atoms with E-state index in [1.54, 1.807) is 6.20 Å². The molecular formula is C26H30N6O3. The molecular weight excluding hydrogens is 444 g/mol. The predicted molar refractivity (Wildman–Crippen MR) is 134 cm³/mol. The van der Waals surface area contributed by atoms with Gasteiger partial charge in [-0.2, -0.15) is 0 Å². The molecule has 5 N–H and O–H groups in total. The van der Waals surface area contributed by atoms with Crippen LogP contribution in [0.3, 0.4) is 0 Å². The number of rotatable bonds is 8. The molecule has 0 radical (unpaired) electrons. The lowest BCUT2D eigenvalue weighted by Gasteiger charge is -2.35. The Morgan fingerprint density at radius 2 is 1.89 bits per heavy atom. The van der Waals surface area contributed by atoms with Crippen LogP contribution in [0.25, 0.3) is 10.9 Å². The summed E-state index contributed by atoms with van der Waals surface area (Å²) in [5, 5.41) is 9.81. The van der Waals surface area contributed by atoms with Crippen LogP contribution in [-0.2, 0) is 20.8 Å². The van der Waals surface area contributed by atoms with E-state index in [4.69, 9.17) is 5.73 Å². The van der Waals surface area contributed by atoms with Crippen LogP contribution in [0.15, 0.2) is 66.9 Å². The number of nitrogens with zero attached hydrogens (tertiary/aromatic N) is 2. The van der Waals surface area contributed by atoms with Crippen LogP contribution in [-0.4, -0.2) is 65.9 Å². The Bertz CT molecular complexity index is 1190. The monoisotopic (exact) mass is 474 g/mol. The Labute approximate surface area is 204 Å². The number of piperazine rings is 1. The number of fused-ring (bicyclic) bond motifs is 1. The van der Waals surface area contributed by atoms with Crippen molar-refractivity contribution in [2.45, 2.75) is 24.9 Å². The zero-order valence-electron chi connectivity index (χ0n) is 19.4. The van der Waals surface area contributed by atoms with E-state index >= 15 is 0 Å². The first-order chi connectivity index (χ1) is 17.0. The summed E-state index contributed by atoms with van der Waals surface area (Å²) in [4.78, 5) is 44.6. The molecule has 9 heteroatoms. The average Bonchev–Trinajstić information content (AvgIpc) is 2.90. The minimum Gasteiger partial charge on any atom is -0.342 e. The Hall–Kier alpha value is -3.82. The highest BCUT2D eigenvalue weighted by Crippen LogP contribution is 2.17. The molecule has 2 aromatic carbocycles. The van der Waals surface area contributed by atoms with Crippen molar-refractivity contribution in [1.82, 2.24) is 20.5 Å². The molecule has 0 bridgehead atoms. The molecule has 0 saturated carbocycles. The van der Waals surface area contributed by atoms with Crippen molar-refractivity contribution in [3.8, 4) is 0 Å². The van der Waals surface area contributed by atoms with E-state index in [1.165, 1.54) is 4.90 Å². The molecule has 2 atom stereocenters. The van der Waals surface area contributed by atoms with Crippen molar-refractivity contribution < 1.29 is 14.4 Å². The molecule has 1 aliphatic rings. The fraction of sp³-hybridized carbons (Fsp3) is 0.308. The molecule has 1 unspecified atom stereocenters. The summed E-state index contributed by atoms with van der Waals surface area (Å²) in [6.07, 6.45) is 2.60. The van der Waals surface area contributed by atoms with Gasteiger partial charge in [0.2, 0.25) is 17.7 Å². The van der Waals surface area contributed by atoms with Gasteiger partial charge in [-0.15, -0.1) is 0 Å². The number of amides is 3. The van der Waals surface area contributed by atoms with Crippen molar-refractivity contribution in [3.05, 3.63) is 72.4 Å². The maximum Gasteiger partial charge on any atom is 0.247 e. The maximum atomic E-state index is 13.3. The molecule has 1 aliphatic heterocycles. The smallest absolute Gasteiger partial charge is 0.247 e. The molecule has 2 heterocycles. The van der Waals surface area contributed by atoms with Gasteiger partial charge < -0.3 is 26.6 Å². The van der Waals surface area contributed by atoms with E-state index in [0.29, 0.717) is 38.2 Å². The summed E-state index contributed by atoms with van der Waals surface area (Å²) in [7, 11) is 0. The van der Waals surface area contributed by atoms with Crippen molar-refractivity contribution in [1.29, 1.82) is 0 Å². The van der Waals surface area contributed by atoms with Gasteiger partial charge in [0.05, 0.1) is 23.9 Å². The van der Waals surface area contributed by atoms with Crippen molar-refractivity contribution in [2.75, 3.05) is 31.5 Å². The number of carbonyl (C=O) groups excluding carboxylic acids is 3. The van der Waals surface area contributed by atoms with E-state index in [0.717, 1.165) is 16.5 Å². The first kappa shape index (κ1) is 24.3. The lowest BCUT2D eigenvalue weighted by atomic mass is 10.0. The van der Waals surface area contributed by atoms with Crippen LogP contribution in [0.2, 0.25) is 0 Å². The third-order valence-corrected chi connectivity index (χ3v) is 6.10. The van der Waals surface area contributed by atoms with Gasteiger partial charge in [0, 0.05) is 25.0 Å². The lowest BCUT2D eigenvalue weighted by Crippen LogP contribution is -2.62. The number of aryl methyl sites for hydroxylation is 1. The number of benzene rings is 2. The largest absolute Gasteiger partial charge is 0.342 e. The fourth-order valence-corrected chi connectivity index (χ4v) is 4.22. The summed E-state index contributed by atoms with van der Waals surface area (Å²) in [6, 6.07) is 17.7. The van der Waals surface area contributed by atoms with E-state index in [9.17, 15) is 14.4 Å². The van der Waals surface area contributed by atoms with Gasteiger partial charge in [0.25, 0.3) is 0 Å². The van der Waals surface area contributed by atoms with Gasteiger partial charge >= 0.3 is 0 Å². The van der Waals surface area contributed by atoms with E-state index in [1.807, 2.05) is 60.7 Å². The van der Waals surface area contributed by atoms with Crippen molar-refractivity contribution >= 4 is 34.3 Å². The number of carbonyl (C=O) groups is 3. The number of nitrogens with two attached hydrogens (primary N) is 1. The van der Waals surface area contributed by atoms with Crippen LogP contribution >= 0.6 is 0 Å². The lowest BCUT2D eigenvalue weighted by molar-refractivity contribution is -0.141. The molecule has 35 heavy (non-hydrogen) atoms. The fourth-order valence-electron chi connectivity index (χ4n) is 4.22. The predicted octanol–water partition coefficient (Wildman–Crippen LogP) is 1.05. The molecule has 1 fully saturated rings. The molecule has 3 amide bonds. The highest BCUT2D eigenvalue weighted by atomic mass is 16.2. The summed E-state index contributed by atoms with van der Waals surface area (Å²) in [6.45, 7) is 1.11. The van der Waals surface area contributed by atoms with Gasteiger partial charge in [-0.25, -0.2) is 0 Å². The van der Waals surface area contributed by atoms with Crippen molar-refractivity contribution in [2.24, 2.45) is 5.73 Å². The van der Waals surface area contributed by atoms with Crippen LogP contribution in [0, 0.1) is 0 Å². The SMILES string of the molecule is NCC(=O)N1CCNCC1C(=O)N[C@H](CCc1ccccc1)C(=O)Nc1cnc2ccccc2c1. The number of aromatic nitrogens is 1. The van der Waals surface area contributed by atoms with Gasteiger partial charge in [0.1, 0.15) is 12.1 Å². The average molecular weight is 475 g/mol. The van der Waals surface area contributed by atoms with Gasteiger partial charge in [-0.1, -0.05) is 48.5 Å². The molecule has 1 saturated heterocycles. The number of hydrogen-bond acceptors (Lipinski definition) is 6. The van der Waals surface area contributed by atoms with Crippen LogP contribution in [0.5, 0.6) is 0 Å². The second-order valence-corrected chi connectivity index (χ2v) is 8.50. The van der Waals surface area contributed by atoms with Gasteiger partial charge in [0.15, 0.2) is 0 Å². The molecule has 182 valence electrons. The Kier molecular flexibility index (Phi) is 8.02. The standard InChI is InChI=1S/C26H30N6O3/c27-15-24(33)32-13-12-28-17-23(32)26(35)31-22(11-10-18-6-2-1-3-7-18)25(34)30-20-14-19-8-4-5-9-21(19)29-16-20/h1-9,14,16,22-23,28H,10-13,15,17,27H2,(H,30,34)(H,31,35)/t22-,23?/m1/s1. The zero-order valence-corrected chi connectivity index (χ0v) is 19.4. The Morgan fingerprint density at radius 3 is 2.69 bits per heavy atom. The summed E-state index contributed by atoms with van der Waals surface area (Å²) in [5.41, 5.74) is 7.98. The number of pyridine rings is 1. The third-order valence-electron chi connectivity index (χ3n) is 6.10. The van der Waals surface area contributed by atoms with Crippen LogP contribution < -0.4 is 21.7 Å². The summed E-state index contributed by atoms with van der Waals surface area (Å²) >= 11 is 0.